The number of amides is 1. The van der Waals surface area contributed by atoms with Gasteiger partial charge in [0.1, 0.15) is 0 Å². The highest BCUT2D eigenvalue weighted by Gasteiger charge is 2.11. The van der Waals surface area contributed by atoms with Crippen molar-refractivity contribution in [2.45, 2.75) is 6.92 Å². The molecule has 0 spiro atoms. The summed E-state index contributed by atoms with van der Waals surface area (Å²) in [5.41, 5.74) is 1.06. The molecule has 0 aliphatic carbocycles. The molecule has 1 amide bonds. The molecule has 0 fully saturated rings. The molecule has 4 heteroatoms. The van der Waals surface area contributed by atoms with Gasteiger partial charge in [-0.25, -0.2) is 4.79 Å². The van der Waals surface area contributed by atoms with E-state index in [1.54, 1.807) is 11.1 Å². The molecule has 82 valence electrons. The first-order valence-electron chi connectivity index (χ1n) is 4.96. The van der Waals surface area contributed by atoms with Gasteiger partial charge in [-0.05, 0) is 18.6 Å². The van der Waals surface area contributed by atoms with Gasteiger partial charge in [0.25, 0.3) is 0 Å². The van der Waals surface area contributed by atoms with E-state index >= 15 is 0 Å². The number of hydrogen-bond acceptors (Lipinski definition) is 3. The van der Waals surface area contributed by atoms with Crippen LogP contribution in [0.25, 0.3) is 0 Å². The average Bonchev–Trinajstić information content (AvgIpc) is 2.53. The van der Waals surface area contributed by atoms with Crippen LogP contribution >= 0.6 is 0 Å². The van der Waals surface area contributed by atoms with Crippen molar-refractivity contribution >= 4 is 12.3 Å². The molecule has 0 saturated heterocycles. The quantitative estimate of drug-likeness (QED) is 0.707. The van der Waals surface area contributed by atoms with Crippen LogP contribution < -0.4 is 0 Å². The summed E-state index contributed by atoms with van der Waals surface area (Å²) in [7, 11) is 1.39. The van der Waals surface area contributed by atoms with Crippen molar-refractivity contribution in [3.8, 4) is 0 Å². The molecule has 0 radical (unpaired) electrons. The zero-order valence-electron chi connectivity index (χ0n) is 9.14. The number of allylic oxidation sites excluding steroid dienone is 1. The molecule has 0 aromatic heterocycles. The molecule has 0 aromatic rings. The number of carbonyl (C=O) groups is 1. The molecule has 1 heterocycles. The minimum absolute atomic E-state index is 0.298. The second kappa shape index (κ2) is 6.01. The van der Waals surface area contributed by atoms with E-state index in [1.165, 1.54) is 7.11 Å². The molecular formula is C11H16N2O2. The van der Waals surface area contributed by atoms with Gasteiger partial charge in [0, 0.05) is 19.3 Å². The number of hydrogen-bond donors (Lipinski definition) is 0. The maximum absolute atomic E-state index is 11.3. The maximum atomic E-state index is 11.3. The lowest BCUT2D eigenvalue weighted by Crippen LogP contribution is -2.32. The second-order valence-corrected chi connectivity index (χ2v) is 3.14. The summed E-state index contributed by atoms with van der Waals surface area (Å²) in [6.07, 6.45) is 7.34. The van der Waals surface area contributed by atoms with Crippen molar-refractivity contribution in [2.75, 3.05) is 26.7 Å². The summed E-state index contributed by atoms with van der Waals surface area (Å²) in [6.45, 7) is 3.82. The SMILES string of the molecule is CCN(CC1=CC=NCC=C1)C(=O)OC. The highest BCUT2D eigenvalue weighted by Crippen LogP contribution is 2.04. The van der Waals surface area contributed by atoms with Crippen LogP contribution in [0, 0.1) is 0 Å². The summed E-state index contributed by atoms with van der Waals surface area (Å²) in [5.74, 6) is 0. The Morgan fingerprint density at radius 3 is 3.13 bits per heavy atom. The second-order valence-electron chi connectivity index (χ2n) is 3.14. The number of aliphatic imine (C=N–C) groups is 1. The molecular weight excluding hydrogens is 192 g/mol. The number of methoxy groups -OCH3 is 1. The lowest BCUT2D eigenvalue weighted by molar-refractivity contribution is 0.129. The van der Waals surface area contributed by atoms with E-state index in [1.807, 2.05) is 25.2 Å². The molecule has 0 unspecified atom stereocenters. The van der Waals surface area contributed by atoms with Crippen LogP contribution in [-0.2, 0) is 4.74 Å². The molecule has 1 aliphatic heterocycles. The van der Waals surface area contributed by atoms with Crippen molar-refractivity contribution in [1.82, 2.24) is 4.90 Å². The summed E-state index contributed by atoms with van der Waals surface area (Å²) in [5, 5.41) is 0. The van der Waals surface area contributed by atoms with Crippen molar-refractivity contribution in [3.05, 3.63) is 23.8 Å². The van der Waals surface area contributed by atoms with Crippen molar-refractivity contribution in [3.63, 3.8) is 0 Å². The predicted octanol–water partition coefficient (Wildman–Crippen LogP) is 1.64. The number of ether oxygens (including phenoxy) is 1. The van der Waals surface area contributed by atoms with Gasteiger partial charge in [0.2, 0.25) is 0 Å². The Morgan fingerprint density at radius 2 is 2.47 bits per heavy atom. The van der Waals surface area contributed by atoms with Crippen molar-refractivity contribution < 1.29 is 9.53 Å². The minimum Gasteiger partial charge on any atom is -0.453 e. The molecule has 1 rings (SSSR count). The maximum Gasteiger partial charge on any atom is 0.409 e. The van der Waals surface area contributed by atoms with Gasteiger partial charge in [-0.15, -0.1) is 0 Å². The Morgan fingerprint density at radius 1 is 1.67 bits per heavy atom. The van der Waals surface area contributed by atoms with Crippen LogP contribution in [0.15, 0.2) is 28.8 Å². The van der Waals surface area contributed by atoms with E-state index < -0.39 is 0 Å². The van der Waals surface area contributed by atoms with Crippen molar-refractivity contribution in [1.29, 1.82) is 0 Å². The van der Waals surface area contributed by atoms with Gasteiger partial charge < -0.3 is 9.64 Å². The topological polar surface area (TPSA) is 41.9 Å². The van der Waals surface area contributed by atoms with E-state index in [0.717, 1.165) is 5.57 Å². The smallest absolute Gasteiger partial charge is 0.409 e. The molecule has 0 bridgehead atoms. The van der Waals surface area contributed by atoms with E-state index in [9.17, 15) is 4.79 Å². The summed E-state index contributed by atoms with van der Waals surface area (Å²) >= 11 is 0. The van der Waals surface area contributed by atoms with Gasteiger partial charge in [-0.2, -0.15) is 0 Å². The first-order valence-corrected chi connectivity index (χ1v) is 4.96. The molecule has 15 heavy (non-hydrogen) atoms. The third-order valence-electron chi connectivity index (χ3n) is 2.12. The first-order chi connectivity index (χ1) is 7.27. The number of nitrogens with zero attached hydrogens (tertiary/aromatic N) is 2. The van der Waals surface area contributed by atoms with Gasteiger partial charge in [-0.3, -0.25) is 4.99 Å². The van der Waals surface area contributed by atoms with Gasteiger partial charge in [0.15, 0.2) is 0 Å². The standard InChI is InChI=1S/C11H16N2O2/c1-3-13(11(14)15-2)9-10-5-4-7-12-8-6-10/h4-6,8H,3,7,9H2,1-2H3. The van der Waals surface area contributed by atoms with E-state index in [0.29, 0.717) is 19.6 Å². The molecule has 1 aliphatic rings. The van der Waals surface area contributed by atoms with Crippen molar-refractivity contribution in [2.24, 2.45) is 4.99 Å². The summed E-state index contributed by atoms with van der Waals surface area (Å²) in [4.78, 5) is 17.1. The number of carbonyl (C=O) groups excluding carboxylic acids is 1. The zero-order valence-corrected chi connectivity index (χ0v) is 9.14. The van der Waals surface area contributed by atoms with Crippen LogP contribution in [0.1, 0.15) is 6.92 Å². The van der Waals surface area contributed by atoms with Crippen LogP contribution in [0.5, 0.6) is 0 Å². The fourth-order valence-corrected chi connectivity index (χ4v) is 1.29. The van der Waals surface area contributed by atoms with Gasteiger partial charge >= 0.3 is 6.09 Å². The molecule has 0 aromatic carbocycles. The molecule has 0 atom stereocenters. The first kappa shape index (κ1) is 11.5. The third-order valence-corrected chi connectivity index (χ3v) is 2.12. The number of rotatable bonds is 3. The van der Waals surface area contributed by atoms with Gasteiger partial charge in [0.05, 0.1) is 13.7 Å². The van der Waals surface area contributed by atoms with E-state index in [4.69, 9.17) is 0 Å². The van der Waals surface area contributed by atoms with E-state index in [-0.39, 0.29) is 6.09 Å². The van der Waals surface area contributed by atoms with Gasteiger partial charge in [-0.1, -0.05) is 12.2 Å². The average molecular weight is 208 g/mol. The highest BCUT2D eigenvalue weighted by molar-refractivity contribution is 5.74. The lowest BCUT2D eigenvalue weighted by atomic mass is 10.2. The van der Waals surface area contributed by atoms with E-state index in [2.05, 4.69) is 9.73 Å². The van der Waals surface area contributed by atoms with Crippen LogP contribution in [0.2, 0.25) is 0 Å². The molecule has 4 nitrogen and oxygen atoms in total. The minimum atomic E-state index is -0.298. The Bertz CT molecular complexity index is 306. The Hall–Kier alpha value is -1.58. The fourth-order valence-electron chi connectivity index (χ4n) is 1.29. The van der Waals surface area contributed by atoms with Crippen LogP contribution in [0.4, 0.5) is 4.79 Å². The normalized spacial score (nSPS) is 14.4. The Kier molecular flexibility index (Phi) is 4.60. The van der Waals surface area contributed by atoms with Crippen LogP contribution in [0.3, 0.4) is 0 Å². The largest absolute Gasteiger partial charge is 0.453 e. The summed E-state index contributed by atoms with van der Waals surface area (Å²) < 4.78 is 4.68. The predicted molar refractivity (Wildman–Crippen MR) is 60.2 cm³/mol. The fraction of sp³-hybridized carbons (Fsp3) is 0.455. The highest BCUT2D eigenvalue weighted by atomic mass is 16.5. The molecule has 0 saturated carbocycles. The number of likely N-dealkylation sites (N-methyl/N-ethyl adjacent to an activating group) is 1. The third kappa shape index (κ3) is 3.58. The zero-order chi connectivity index (χ0) is 11.1. The van der Waals surface area contributed by atoms with Crippen LogP contribution in [-0.4, -0.2) is 44.0 Å². The summed E-state index contributed by atoms with van der Waals surface area (Å²) in [6, 6.07) is 0. The Labute approximate surface area is 89.9 Å². The monoisotopic (exact) mass is 208 g/mol. The molecule has 0 N–H and O–H groups in total. The lowest BCUT2D eigenvalue weighted by Gasteiger charge is -2.19. The Balaban J connectivity index is 2.62.